The fourth-order valence-corrected chi connectivity index (χ4v) is 5.28. The first-order valence-corrected chi connectivity index (χ1v) is 12.1. The molecule has 3 atom stereocenters. The van der Waals surface area contributed by atoms with Crippen LogP contribution in [0, 0.1) is 11.8 Å². The molecule has 4 rings (SSSR count). The highest BCUT2D eigenvalue weighted by Crippen LogP contribution is 2.44. The summed E-state index contributed by atoms with van der Waals surface area (Å²) in [6.07, 6.45) is 3.24. The summed E-state index contributed by atoms with van der Waals surface area (Å²) in [6, 6.07) is 15.5. The van der Waals surface area contributed by atoms with Crippen LogP contribution in [0.2, 0.25) is 0 Å². The molecule has 0 spiro atoms. The van der Waals surface area contributed by atoms with Gasteiger partial charge < -0.3 is 20.5 Å². The van der Waals surface area contributed by atoms with Crippen molar-refractivity contribution in [1.29, 1.82) is 0 Å². The predicted molar refractivity (Wildman–Crippen MR) is 128 cm³/mol. The highest BCUT2D eigenvalue weighted by molar-refractivity contribution is 5.85. The van der Waals surface area contributed by atoms with Crippen molar-refractivity contribution < 1.29 is 24.2 Å². The highest BCUT2D eigenvalue weighted by Gasteiger charge is 2.33. The standard InChI is InChI=1S/C27H32N2O5/c1-2-24(26(31)32)29-25(30)18-10-4-3-9-17(18)15-28-27(33)34-16-23-21-13-7-5-11-19(21)20-12-6-8-14-22(20)23/h5-8,11-14,17-18,23-24H,2-4,9-10,15-16H2,1H3,(H,28,33)(H,29,30)(H,31,32)/t17?,18?,24-/m1/s1. The zero-order valence-electron chi connectivity index (χ0n) is 19.5. The zero-order chi connectivity index (χ0) is 24.1. The van der Waals surface area contributed by atoms with Gasteiger partial charge in [-0.25, -0.2) is 9.59 Å². The Bertz CT molecular complexity index is 1010. The fourth-order valence-electron chi connectivity index (χ4n) is 5.28. The summed E-state index contributed by atoms with van der Waals surface area (Å²) in [4.78, 5) is 36.6. The first-order chi connectivity index (χ1) is 16.5. The Kier molecular flexibility index (Phi) is 7.50. The molecule has 0 saturated heterocycles. The second kappa shape index (κ2) is 10.7. The summed E-state index contributed by atoms with van der Waals surface area (Å²) in [6.45, 7) is 2.31. The third-order valence-electron chi connectivity index (χ3n) is 7.12. The third-order valence-corrected chi connectivity index (χ3v) is 7.12. The van der Waals surface area contributed by atoms with Crippen LogP contribution in [0.4, 0.5) is 4.79 Å². The Hall–Kier alpha value is -3.35. The fraction of sp³-hybridized carbons (Fsp3) is 0.444. The number of nitrogens with one attached hydrogen (secondary N) is 2. The van der Waals surface area contributed by atoms with Gasteiger partial charge in [0, 0.05) is 18.4 Å². The molecule has 2 aromatic rings. The van der Waals surface area contributed by atoms with E-state index in [4.69, 9.17) is 4.74 Å². The number of hydrogen-bond donors (Lipinski definition) is 3. The van der Waals surface area contributed by atoms with E-state index in [1.165, 1.54) is 11.1 Å². The van der Waals surface area contributed by atoms with Gasteiger partial charge in [0.05, 0.1) is 0 Å². The van der Waals surface area contributed by atoms with Crippen molar-refractivity contribution in [2.45, 2.75) is 51.0 Å². The molecule has 0 bridgehead atoms. The average Bonchev–Trinajstić information content (AvgIpc) is 3.18. The van der Waals surface area contributed by atoms with E-state index in [0.29, 0.717) is 19.4 Å². The molecule has 180 valence electrons. The van der Waals surface area contributed by atoms with Crippen molar-refractivity contribution >= 4 is 18.0 Å². The van der Waals surface area contributed by atoms with Gasteiger partial charge in [-0.2, -0.15) is 0 Å². The molecule has 7 nitrogen and oxygen atoms in total. The normalized spacial score (nSPS) is 20.0. The second-order valence-corrected chi connectivity index (χ2v) is 9.17. The van der Waals surface area contributed by atoms with E-state index in [1.807, 2.05) is 24.3 Å². The van der Waals surface area contributed by atoms with Gasteiger partial charge in [0.2, 0.25) is 5.91 Å². The van der Waals surface area contributed by atoms with Crippen LogP contribution in [0.5, 0.6) is 0 Å². The van der Waals surface area contributed by atoms with E-state index in [0.717, 1.165) is 30.4 Å². The molecule has 0 heterocycles. The minimum Gasteiger partial charge on any atom is -0.480 e. The van der Waals surface area contributed by atoms with Crippen LogP contribution in [-0.4, -0.2) is 42.3 Å². The van der Waals surface area contributed by atoms with Gasteiger partial charge >= 0.3 is 12.1 Å². The number of carbonyl (C=O) groups excluding carboxylic acids is 2. The van der Waals surface area contributed by atoms with Crippen LogP contribution < -0.4 is 10.6 Å². The molecule has 2 amide bonds. The van der Waals surface area contributed by atoms with Gasteiger partial charge in [0.25, 0.3) is 0 Å². The number of amides is 2. The van der Waals surface area contributed by atoms with Crippen LogP contribution in [0.25, 0.3) is 11.1 Å². The Morgan fingerprint density at radius 2 is 1.62 bits per heavy atom. The Labute approximate surface area is 199 Å². The lowest BCUT2D eigenvalue weighted by Gasteiger charge is -2.31. The van der Waals surface area contributed by atoms with E-state index < -0.39 is 18.1 Å². The van der Waals surface area contributed by atoms with Crippen LogP contribution in [0.15, 0.2) is 48.5 Å². The summed E-state index contributed by atoms with van der Waals surface area (Å²) < 4.78 is 5.61. The number of carboxylic acid groups (broad SMARTS) is 1. The van der Waals surface area contributed by atoms with Crippen molar-refractivity contribution in [3.8, 4) is 11.1 Å². The molecule has 2 aliphatic rings. The smallest absolute Gasteiger partial charge is 0.407 e. The van der Waals surface area contributed by atoms with Crippen LogP contribution in [-0.2, 0) is 14.3 Å². The summed E-state index contributed by atoms with van der Waals surface area (Å²) in [7, 11) is 0. The van der Waals surface area contributed by atoms with Crippen molar-refractivity contribution in [3.63, 3.8) is 0 Å². The van der Waals surface area contributed by atoms with Gasteiger partial charge in [0.1, 0.15) is 12.6 Å². The number of fused-ring (bicyclic) bond motifs is 3. The monoisotopic (exact) mass is 464 g/mol. The third kappa shape index (κ3) is 5.08. The number of carboxylic acids is 1. The summed E-state index contributed by atoms with van der Waals surface area (Å²) >= 11 is 0. The summed E-state index contributed by atoms with van der Waals surface area (Å²) in [5, 5.41) is 14.7. The van der Waals surface area contributed by atoms with Gasteiger partial charge in [-0.15, -0.1) is 0 Å². The number of benzene rings is 2. The van der Waals surface area contributed by atoms with Crippen LogP contribution in [0.3, 0.4) is 0 Å². The lowest BCUT2D eigenvalue weighted by atomic mass is 9.78. The lowest BCUT2D eigenvalue weighted by molar-refractivity contribution is -0.143. The minimum absolute atomic E-state index is 0.00615. The van der Waals surface area contributed by atoms with E-state index >= 15 is 0 Å². The van der Waals surface area contributed by atoms with Crippen molar-refractivity contribution in [1.82, 2.24) is 10.6 Å². The lowest BCUT2D eigenvalue weighted by Crippen LogP contribution is -2.47. The molecule has 7 heteroatoms. The largest absolute Gasteiger partial charge is 0.480 e. The SMILES string of the molecule is CC[C@@H](NC(=O)C1CCCCC1CNC(=O)OCC1c2ccccc2-c2ccccc21)C(=O)O. The molecule has 2 unspecified atom stereocenters. The van der Waals surface area contributed by atoms with Gasteiger partial charge in [-0.1, -0.05) is 68.3 Å². The maximum Gasteiger partial charge on any atom is 0.407 e. The Morgan fingerprint density at radius 3 is 2.24 bits per heavy atom. The topological polar surface area (TPSA) is 105 Å². The number of ether oxygens (including phenoxy) is 1. The van der Waals surface area contributed by atoms with Crippen molar-refractivity contribution in [2.75, 3.05) is 13.2 Å². The second-order valence-electron chi connectivity index (χ2n) is 9.17. The van der Waals surface area contributed by atoms with E-state index in [2.05, 4.69) is 34.9 Å². The maximum absolute atomic E-state index is 12.7. The summed E-state index contributed by atoms with van der Waals surface area (Å²) in [5.41, 5.74) is 4.67. The number of carbonyl (C=O) groups is 3. The zero-order valence-corrected chi connectivity index (χ0v) is 19.5. The first-order valence-electron chi connectivity index (χ1n) is 12.1. The molecule has 0 radical (unpaired) electrons. The molecule has 34 heavy (non-hydrogen) atoms. The summed E-state index contributed by atoms with van der Waals surface area (Å²) in [5.74, 6) is -1.63. The molecule has 2 aromatic carbocycles. The predicted octanol–water partition coefficient (Wildman–Crippen LogP) is 4.31. The van der Waals surface area contributed by atoms with Gasteiger partial charge in [-0.05, 0) is 47.4 Å². The number of hydrogen-bond acceptors (Lipinski definition) is 4. The van der Waals surface area contributed by atoms with Gasteiger partial charge in [-0.3, -0.25) is 4.79 Å². The van der Waals surface area contributed by atoms with E-state index in [1.54, 1.807) is 6.92 Å². The number of alkyl carbamates (subject to hydrolysis) is 1. The Morgan fingerprint density at radius 1 is 1.00 bits per heavy atom. The molecule has 0 aromatic heterocycles. The minimum atomic E-state index is -1.03. The van der Waals surface area contributed by atoms with E-state index in [-0.39, 0.29) is 30.3 Å². The van der Waals surface area contributed by atoms with Crippen LogP contribution in [0.1, 0.15) is 56.1 Å². The molecular weight excluding hydrogens is 432 g/mol. The van der Waals surface area contributed by atoms with E-state index in [9.17, 15) is 19.5 Å². The van der Waals surface area contributed by atoms with Crippen LogP contribution >= 0.6 is 0 Å². The van der Waals surface area contributed by atoms with Gasteiger partial charge in [0.15, 0.2) is 0 Å². The molecule has 1 fully saturated rings. The Balaban J connectivity index is 1.33. The molecule has 3 N–H and O–H groups in total. The molecule has 0 aliphatic heterocycles. The highest BCUT2D eigenvalue weighted by atomic mass is 16.5. The quantitative estimate of drug-likeness (QED) is 0.540. The number of rotatable bonds is 8. The average molecular weight is 465 g/mol. The molecular formula is C27H32N2O5. The molecule has 1 saturated carbocycles. The maximum atomic E-state index is 12.7. The van der Waals surface area contributed by atoms with Crippen molar-refractivity contribution in [3.05, 3.63) is 59.7 Å². The first kappa shape index (κ1) is 23.8. The number of aliphatic carboxylic acids is 1. The molecule has 2 aliphatic carbocycles. The van der Waals surface area contributed by atoms with Crippen molar-refractivity contribution in [2.24, 2.45) is 11.8 Å².